The van der Waals surface area contributed by atoms with Crippen LogP contribution in [0.15, 0.2) is 24.3 Å². The molecule has 4 saturated carbocycles. The first kappa shape index (κ1) is 17.7. The number of benzene rings is 1. The summed E-state index contributed by atoms with van der Waals surface area (Å²) in [4.78, 5) is 37.9. The fraction of sp³-hybridized carbons (Fsp3) is 0.591. The molecule has 0 atom stereocenters. The van der Waals surface area contributed by atoms with Crippen molar-refractivity contribution in [3.8, 4) is 0 Å². The van der Waals surface area contributed by atoms with Gasteiger partial charge in [-0.25, -0.2) is 4.79 Å². The van der Waals surface area contributed by atoms with E-state index < -0.39 is 6.03 Å². The van der Waals surface area contributed by atoms with Crippen molar-refractivity contribution in [3.05, 3.63) is 35.4 Å². The van der Waals surface area contributed by atoms with E-state index in [2.05, 4.69) is 10.6 Å². The highest BCUT2D eigenvalue weighted by Crippen LogP contribution is 2.59. The highest BCUT2D eigenvalue weighted by atomic mass is 16.2. The zero-order valence-electron chi connectivity index (χ0n) is 16.1. The van der Waals surface area contributed by atoms with Gasteiger partial charge < -0.3 is 10.6 Å². The Morgan fingerprint density at radius 1 is 1.07 bits per heavy atom. The predicted octanol–water partition coefficient (Wildman–Crippen LogP) is 2.68. The maximum atomic E-state index is 13.0. The molecule has 0 unspecified atom stereocenters. The van der Waals surface area contributed by atoms with Gasteiger partial charge in [0.25, 0.3) is 5.91 Å². The van der Waals surface area contributed by atoms with Crippen molar-refractivity contribution in [1.29, 1.82) is 0 Å². The Morgan fingerprint density at radius 3 is 2.32 bits per heavy atom. The van der Waals surface area contributed by atoms with E-state index in [1.807, 2.05) is 18.2 Å². The van der Waals surface area contributed by atoms with Crippen LogP contribution in [0.4, 0.5) is 4.79 Å². The van der Waals surface area contributed by atoms with Crippen molar-refractivity contribution in [2.45, 2.75) is 45.1 Å². The summed E-state index contributed by atoms with van der Waals surface area (Å²) in [5.74, 6) is 2.22. The van der Waals surface area contributed by atoms with Crippen molar-refractivity contribution in [2.24, 2.45) is 23.2 Å². The summed E-state index contributed by atoms with van der Waals surface area (Å²) < 4.78 is 0. The van der Waals surface area contributed by atoms with Crippen molar-refractivity contribution in [2.75, 3.05) is 13.1 Å². The number of imide groups is 1. The number of carbonyl (C=O) groups is 3. The Hall–Kier alpha value is -2.37. The topological polar surface area (TPSA) is 78.5 Å². The standard InChI is InChI=1S/C22H27N3O3/c26-19-11-23-21(28)25(19)12-17-3-1-2-4-18(17)20(27)24-13-22-8-14-5-15(9-22)7-16(6-14)10-22/h1-4,14-16H,5-13H2,(H,23,28)(H,24,27). The number of nitrogens with one attached hydrogen (secondary N) is 2. The van der Waals surface area contributed by atoms with Crippen molar-refractivity contribution < 1.29 is 14.4 Å². The molecule has 6 nitrogen and oxygen atoms in total. The minimum atomic E-state index is -0.395. The van der Waals surface area contributed by atoms with Crippen LogP contribution in [0, 0.1) is 23.2 Å². The molecule has 6 heteroatoms. The molecule has 1 aromatic rings. The Bertz CT molecular complexity index is 783. The van der Waals surface area contributed by atoms with Gasteiger partial charge in [-0.1, -0.05) is 18.2 Å². The van der Waals surface area contributed by atoms with E-state index in [4.69, 9.17) is 0 Å². The monoisotopic (exact) mass is 381 g/mol. The Morgan fingerprint density at radius 2 is 1.71 bits per heavy atom. The first-order valence-electron chi connectivity index (χ1n) is 10.5. The van der Waals surface area contributed by atoms with Gasteiger partial charge >= 0.3 is 6.03 Å². The first-order valence-corrected chi connectivity index (χ1v) is 10.5. The molecule has 0 radical (unpaired) electrons. The molecule has 0 aromatic heterocycles. The third-order valence-electron chi connectivity index (χ3n) is 7.32. The molecule has 2 N–H and O–H groups in total. The molecule has 1 aromatic carbocycles. The van der Waals surface area contributed by atoms with Crippen LogP contribution in [0.2, 0.25) is 0 Å². The van der Waals surface area contributed by atoms with Gasteiger partial charge in [0, 0.05) is 12.1 Å². The smallest absolute Gasteiger partial charge is 0.324 e. The molecule has 28 heavy (non-hydrogen) atoms. The summed E-state index contributed by atoms with van der Waals surface area (Å²) >= 11 is 0. The number of nitrogens with zero attached hydrogens (tertiary/aromatic N) is 1. The molecule has 4 bridgehead atoms. The van der Waals surface area contributed by atoms with Crippen molar-refractivity contribution >= 4 is 17.8 Å². The van der Waals surface area contributed by atoms with Crippen molar-refractivity contribution in [3.63, 3.8) is 0 Å². The lowest BCUT2D eigenvalue weighted by molar-refractivity contribution is -0.125. The number of carbonyl (C=O) groups excluding carboxylic acids is 3. The fourth-order valence-corrected chi connectivity index (χ4v) is 6.53. The van der Waals surface area contributed by atoms with Gasteiger partial charge in [0.1, 0.15) is 0 Å². The van der Waals surface area contributed by atoms with E-state index in [0.717, 1.165) is 24.3 Å². The Balaban J connectivity index is 1.28. The minimum absolute atomic E-state index is 0.0270. The molecule has 1 heterocycles. The van der Waals surface area contributed by atoms with E-state index >= 15 is 0 Å². The predicted molar refractivity (Wildman–Crippen MR) is 103 cm³/mol. The molecule has 1 saturated heterocycles. The zero-order chi connectivity index (χ0) is 19.3. The summed E-state index contributed by atoms with van der Waals surface area (Å²) in [5.41, 5.74) is 1.54. The maximum Gasteiger partial charge on any atom is 0.324 e. The number of amides is 4. The second-order valence-corrected chi connectivity index (χ2v) is 9.40. The van der Waals surface area contributed by atoms with Gasteiger partial charge in [0.15, 0.2) is 0 Å². The van der Waals surface area contributed by atoms with Crippen LogP contribution in [0.5, 0.6) is 0 Å². The summed E-state index contributed by atoms with van der Waals surface area (Å²) in [5, 5.41) is 5.73. The van der Waals surface area contributed by atoms with Crippen LogP contribution in [0.3, 0.4) is 0 Å². The quantitative estimate of drug-likeness (QED) is 0.770. The molecular weight excluding hydrogens is 354 g/mol. The highest BCUT2D eigenvalue weighted by Gasteiger charge is 2.50. The average Bonchev–Trinajstić information content (AvgIpc) is 2.98. The normalized spacial score (nSPS) is 33.3. The number of rotatable bonds is 5. The van der Waals surface area contributed by atoms with E-state index in [1.165, 1.54) is 43.4 Å². The van der Waals surface area contributed by atoms with Gasteiger partial charge in [-0.15, -0.1) is 0 Å². The summed E-state index contributed by atoms with van der Waals surface area (Å²) in [7, 11) is 0. The molecule has 4 aliphatic carbocycles. The summed E-state index contributed by atoms with van der Waals surface area (Å²) in [6, 6.07) is 6.87. The molecule has 6 rings (SSSR count). The molecule has 5 aliphatic rings. The Kier molecular flexibility index (Phi) is 4.18. The van der Waals surface area contributed by atoms with Crippen molar-refractivity contribution in [1.82, 2.24) is 15.5 Å². The molecule has 148 valence electrons. The van der Waals surface area contributed by atoms with E-state index in [9.17, 15) is 14.4 Å². The van der Waals surface area contributed by atoms with Gasteiger partial charge in [-0.3, -0.25) is 14.5 Å². The lowest BCUT2D eigenvalue weighted by Gasteiger charge is -2.56. The largest absolute Gasteiger partial charge is 0.351 e. The minimum Gasteiger partial charge on any atom is -0.351 e. The van der Waals surface area contributed by atoms with Crippen LogP contribution >= 0.6 is 0 Å². The highest BCUT2D eigenvalue weighted by molar-refractivity contribution is 6.02. The average molecular weight is 381 g/mol. The molecule has 0 spiro atoms. The number of hydrogen-bond acceptors (Lipinski definition) is 3. The van der Waals surface area contributed by atoms with Crippen LogP contribution in [0.1, 0.15) is 54.4 Å². The molecular formula is C22H27N3O3. The van der Waals surface area contributed by atoms with Gasteiger partial charge in [0.2, 0.25) is 5.91 Å². The fourth-order valence-electron chi connectivity index (χ4n) is 6.53. The van der Waals surface area contributed by atoms with Crippen LogP contribution in [0.25, 0.3) is 0 Å². The van der Waals surface area contributed by atoms with Crippen LogP contribution < -0.4 is 10.6 Å². The number of urea groups is 1. The molecule has 1 aliphatic heterocycles. The van der Waals surface area contributed by atoms with E-state index in [0.29, 0.717) is 11.1 Å². The van der Waals surface area contributed by atoms with Crippen LogP contribution in [-0.2, 0) is 11.3 Å². The van der Waals surface area contributed by atoms with Crippen LogP contribution in [-0.4, -0.2) is 35.8 Å². The first-order chi connectivity index (χ1) is 13.5. The number of hydrogen-bond donors (Lipinski definition) is 2. The van der Waals surface area contributed by atoms with E-state index in [1.54, 1.807) is 6.07 Å². The third-order valence-corrected chi connectivity index (χ3v) is 7.32. The third kappa shape index (κ3) is 3.09. The van der Waals surface area contributed by atoms with Gasteiger partial charge in [0.05, 0.1) is 13.1 Å². The second kappa shape index (κ2) is 6.61. The van der Waals surface area contributed by atoms with Gasteiger partial charge in [-0.2, -0.15) is 0 Å². The summed E-state index contributed by atoms with van der Waals surface area (Å²) in [6.45, 7) is 0.900. The lowest BCUT2D eigenvalue weighted by Crippen LogP contribution is -2.51. The molecule has 4 amide bonds. The summed E-state index contributed by atoms with van der Waals surface area (Å²) in [6.07, 6.45) is 7.93. The second-order valence-electron chi connectivity index (χ2n) is 9.40. The van der Waals surface area contributed by atoms with Gasteiger partial charge in [-0.05, 0) is 73.3 Å². The maximum absolute atomic E-state index is 13.0. The Labute approximate surface area is 165 Å². The lowest BCUT2D eigenvalue weighted by atomic mass is 9.49. The van der Waals surface area contributed by atoms with E-state index in [-0.39, 0.29) is 30.3 Å². The SMILES string of the molecule is O=C(NCC12CC3CC(CC(C3)C1)C2)c1ccccc1CN1C(=O)CNC1=O. The zero-order valence-corrected chi connectivity index (χ0v) is 16.1. The molecule has 5 fully saturated rings.